The lowest BCUT2D eigenvalue weighted by Crippen LogP contribution is -2.30. The minimum absolute atomic E-state index is 0.0246. The van der Waals surface area contributed by atoms with Gasteiger partial charge in [0.25, 0.3) is 5.91 Å². The normalized spacial score (nSPS) is 16.8. The third-order valence-corrected chi connectivity index (χ3v) is 5.64. The van der Waals surface area contributed by atoms with Gasteiger partial charge < -0.3 is 14.7 Å². The van der Waals surface area contributed by atoms with Gasteiger partial charge >= 0.3 is 0 Å². The number of amides is 1. The second kappa shape index (κ2) is 6.87. The second-order valence-corrected chi connectivity index (χ2v) is 7.16. The first-order chi connectivity index (χ1) is 12.7. The molecule has 1 saturated heterocycles. The van der Waals surface area contributed by atoms with Gasteiger partial charge in [0.2, 0.25) is 11.7 Å². The SMILES string of the molecule is CNc1nc(C)c(C(=O)N2CCC[C@H]2c2nc(-c3ccccc3)no2)s1. The number of nitrogens with zero attached hydrogens (tertiary/aromatic N) is 4. The minimum atomic E-state index is -0.188. The first-order valence-electron chi connectivity index (χ1n) is 8.52. The van der Waals surface area contributed by atoms with Crippen molar-refractivity contribution in [2.75, 3.05) is 18.9 Å². The summed E-state index contributed by atoms with van der Waals surface area (Å²) in [6.07, 6.45) is 1.73. The fourth-order valence-electron chi connectivity index (χ4n) is 3.17. The standard InChI is InChI=1S/C18H19N5O2S/c1-11-14(26-18(19-2)20-11)17(24)23-10-6-9-13(23)16-21-15(22-25-16)12-7-4-3-5-8-12/h3-5,7-8,13H,6,9-10H2,1-2H3,(H,19,20)/t13-/m0/s1. The van der Waals surface area contributed by atoms with Crippen LogP contribution in [0.5, 0.6) is 0 Å². The lowest BCUT2D eigenvalue weighted by Gasteiger charge is -2.21. The van der Waals surface area contributed by atoms with Crippen molar-refractivity contribution in [1.29, 1.82) is 0 Å². The molecule has 0 saturated carbocycles. The summed E-state index contributed by atoms with van der Waals surface area (Å²) >= 11 is 1.37. The van der Waals surface area contributed by atoms with Crippen LogP contribution in [-0.2, 0) is 0 Å². The zero-order valence-electron chi connectivity index (χ0n) is 14.6. The van der Waals surface area contributed by atoms with Gasteiger partial charge in [-0.25, -0.2) is 4.98 Å². The summed E-state index contributed by atoms with van der Waals surface area (Å²) in [4.78, 5) is 24.4. The minimum Gasteiger partial charge on any atom is -0.365 e. The maximum Gasteiger partial charge on any atom is 0.266 e. The van der Waals surface area contributed by atoms with E-state index in [4.69, 9.17) is 4.52 Å². The van der Waals surface area contributed by atoms with Crippen molar-refractivity contribution in [2.24, 2.45) is 0 Å². The molecule has 3 aromatic rings. The Bertz CT molecular complexity index is 921. The highest BCUT2D eigenvalue weighted by atomic mass is 32.1. The Morgan fingerprint density at radius 2 is 2.12 bits per heavy atom. The molecule has 2 aromatic heterocycles. The first-order valence-corrected chi connectivity index (χ1v) is 9.34. The highest BCUT2D eigenvalue weighted by Gasteiger charge is 2.36. The molecule has 1 N–H and O–H groups in total. The van der Waals surface area contributed by atoms with Gasteiger partial charge in [-0.3, -0.25) is 4.79 Å². The number of hydrogen-bond acceptors (Lipinski definition) is 7. The zero-order chi connectivity index (χ0) is 18.1. The Balaban J connectivity index is 1.60. The van der Waals surface area contributed by atoms with Crippen molar-refractivity contribution in [3.63, 3.8) is 0 Å². The molecule has 0 aliphatic carbocycles. The van der Waals surface area contributed by atoms with Gasteiger partial charge in [-0.15, -0.1) is 0 Å². The molecule has 1 amide bonds. The summed E-state index contributed by atoms with van der Waals surface area (Å²) in [5.74, 6) is 1.01. The van der Waals surface area contributed by atoms with E-state index in [0.717, 1.165) is 29.2 Å². The van der Waals surface area contributed by atoms with E-state index in [9.17, 15) is 4.79 Å². The number of benzene rings is 1. The molecule has 1 fully saturated rings. The predicted molar refractivity (Wildman–Crippen MR) is 99.1 cm³/mol. The highest BCUT2D eigenvalue weighted by molar-refractivity contribution is 7.17. The summed E-state index contributed by atoms with van der Waals surface area (Å²) in [7, 11) is 1.80. The van der Waals surface area contributed by atoms with E-state index in [0.29, 0.717) is 23.1 Å². The van der Waals surface area contributed by atoms with E-state index in [1.807, 2.05) is 42.2 Å². The largest absolute Gasteiger partial charge is 0.365 e. The van der Waals surface area contributed by atoms with Gasteiger partial charge in [-0.05, 0) is 19.8 Å². The molecule has 1 atom stereocenters. The van der Waals surface area contributed by atoms with Gasteiger partial charge in [0.05, 0.1) is 5.69 Å². The van der Waals surface area contributed by atoms with Crippen molar-refractivity contribution in [1.82, 2.24) is 20.0 Å². The van der Waals surface area contributed by atoms with Gasteiger partial charge in [-0.1, -0.05) is 46.8 Å². The predicted octanol–water partition coefficient (Wildman–Crippen LogP) is 3.52. The Kier molecular flexibility index (Phi) is 4.42. The molecule has 1 aromatic carbocycles. The summed E-state index contributed by atoms with van der Waals surface area (Å²) in [6, 6.07) is 9.49. The molecular formula is C18H19N5O2S. The Hall–Kier alpha value is -2.74. The third-order valence-electron chi connectivity index (χ3n) is 4.48. The smallest absolute Gasteiger partial charge is 0.266 e. The molecule has 26 heavy (non-hydrogen) atoms. The second-order valence-electron chi connectivity index (χ2n) is 6.16. The number of nitrogens with one attached hydrogen (secondary N) is 1. The van der Waals surface area contributed by atoms with Gasteiger partial charge in [-0.2, -0.15) is 4.98 Å². The average Bonchev–Trinajstić information content (AvgIpc) is 3.40. The van der Waals surface area contributed by atoms with Crippen LogP contribution < -0.4 is 5.32 Å². The maximum atomic E-state index is 13.0. The number of carbonyl (C=O) groups is 1. The summed E-state index contributed by atoms with van der Waals surface area (Å²) < 4.78 is 5.50. The van der Waals surface area contributed by atoms with Crippen molar-refractivity contribution < 1.29 is 9.32 Å². The quantitative estimate of drug-likeness (QED) is 0.757. The van der Waals surface area contributed by atoms with Crippen molar-refractivity contribution in [2.45, 2.75) is 25.8 Å². The molecule has 7 nitrogen and oxygen atoms in total. The Morgan fingerprint density at radius 1 is 1.31 bits per heavy atom. The van der Waals surface area contributed by atoms with E-state index < -0.39 is 0 Å². The molecule has 0 unspecified atom stereocenters. The van der Waals surface area contributed by atoms with Crippen LogP contribution in [0.25, 0.3) is 11.4 Å². The van der Waals surface area contributed by atoms with E-state index >= 15 is 0 Å². The van der Waals surface area contributed by atoms with Crippen LogP contribution in [-0.4, -0.2) is 39.5 Å². The number of thiazole rings is 1. The number of aryl methyl sites for hydroxylation is 1. The molecule has 8 heteroatoms. The van der Waals surface area contributed by atoms with Crippen LogP contribution in [0, 0.1) is 6.92 Å². The summed E-state index contributed by atoms with van der Waals surface area (Å²) in [6.45, 7) is 2.54. The average molecular weight is 369 g/mol. The zero-order valence-corrected chi connectivity index (χ0v) is 15.4. The van der Waals surface area contributed by atoms with Crippen LogP contribution in [0.4, 0.5) is 5.13 Å². The van der Waals surface area contributed by atoms with Gasteiger partial charge in [0.1, 0.15) is 10.9 Å². The van der Waals surface area contributed by atoms with E-state index in [1.165, 1.54) is 11.3 Å². The highest BCUT2D eigenvalue weighted by Crippen LogP contribution is 2.35. The van der Waals surface area contributed by atoms with Crippen molar-refractivity contribution >= 4 is 22.4 Å². The van der Waals surface area contributed by atoms with Crippen LogP contribution >= 0.6 is 11.3 Å². The molecular weight excluding hydrogens is 350 g/mol. The molecule has 0 spiro atoms. The number of rotatable bonds is 4. The number of hydrogen-bond donors (Lipinski definition) is 1. The molecule has 3 heterocycles. The lowest BCUT2D eigenvalue weighted by atomic mass is 10.2. The summed E-state index contributed by atoms with van der Waals surface area (Å²) in [5.41, 5.74) is 1.64. The Labute approximate surface area is 155 Å². The topological polar surface area (TPSA) is 84.2 Å². The first kappa shape index (κ1) is 16.7. The van der Waals surface area contributed by atoms with Gasteiger partial charge in [0, 0.05) is 19.2 Å². The van der Waals surface area contributed by atoms with Crippen LogP contribution in [0.1, 0.15) is 40.1 Å². The molecule has 1 aliphatic heterocycles. The number of anilines is 1. The molecule has 0 bridgehead atoms. The lowest BCUT2D eigenvalue weighted by molar-refractivity contribution is 0.0714. The fourth-order valence-corrected chi connectivity index (χ4v) is 4.05. The maximum absolute atomic E-state index is 13.0. The van der Waals surface area contributed by atoms with E-state index in [-0.39, 0.29) is 11.9 Å². The van der Waals surface area contributed by atoms with E-state index in [2.05, 4.69) is 20.4 Å². The number of carbonyl (C=O) groups excluding carboxylic acids is 1. The molecule has 0 radical (unpaired) electrons. The number of likely N-dealkylation sites (tertiary alicyclic amines) is 1. The molecule has 134 valence electrons. The third kappa shape index (κ3) is 2.96. The molecule has 4 rings (SSSR count). The monoisotopic (exact) mass is 369 g/mol. The van der Waals surface area contributed by atoms with Gasteiger partial charge in [0.15, 0.2) is 5.13 Å². The fraction of sp³-hybridized carbons (Fsp3) is 0.333. The van der Waals surface area contributed by atoms with E-state index in [1.54, 1.807) is 7.05 Å². The number of aromatic nitrogens is 3. The van der Waals surface area contributed by atoms with Crippen LogP contribution in [0.15, 0.2) is 34.9 Å². The summed E-state index contributed by atoms with van der Waals surface area (Å²) in [5, 5.41) is 7.82. The Morgan fingerprint density at radius 3 is 2.85 bits per heavy atom. The van der Waals surface area contributed by atoms with Crippen LogP contribution in [0.2, 0.25) is 0 Å². The van der Waals surface area contributed by atoms with Crippen LogP contribution in [0.3, 0.4) is 0 Å². The molecule has 1 aliphatic rings. The van der Waals surface area contributed by atoms with Crippen molar-refractivity contribution in [3.8, 4) is 11.4 Å². The van der Waals surface area contributed by atoms with Crippen molar-refractivity contribution in [3.05, 3.63) is 46.8 Å².